The van der Waals surface area contributed by atoms with Gasteiger partial charge in [0.05, 0.1) is 6.20 Å². The average Bonchev–Trinajstić information content (AvgIpc) is 2.93. The third kappa shape index (κ3) is 5.15. The van der Waals surface area contributed by atoms with Crippen LogP contribution in [-0.2, 0) is 11.8 Å². The fourth-order valence-corrected chi connectivity index (χ4v) is 2.40. The molecule has 1 aromatic carbocycles. The zero-order valence-corrected chi connectivity index (χ0v) is 15.3. The van der Waals surface area contributed by atoms with E-state index in [0.29, 0.717) is 11.3 Å². The van der Waals surface area contributed by atoms with Gasteiger partial charge in [-0.05, 0) is 46.0 Å². The zero-order chi connectivity index (χ0) is 18.6. The summed E-state index contributed by atoms with van der Waals surface area (Å²) in [5.41, 5.74) is 1.50. The van der Waals surface area contributed by atoms with Crippen LogP contribution in [0.25, 0.3) is 0 Å². The van der Waals surface area contributed by atoms with Gasteiger partial charge >= 0.3 is 0 Å². The molecule has 25 heavy (non-hydrogen) atoms. The number of likely N-dealkylation sites (N-methyl/N-ethyl adjacent to an activating group) is 1. The third-order valence-electron chi connectivity index (χ3n) is 3.49. The summed E-state index contributed by atoms with van der Waals surface area (Å²) in [6, 6.07) is 6.34. The molecule has 1 atom stereocenters. The van der Waals surface area contributed by atoms with E-state index in [-0.39, 0.29) is 17.4 Å². The molecule has 0 saturated carbocycles. The largest absolute Gasteiger partial charge is 0.347 e. The summed E-state index contributed by atoms with van der Waals surface area (Å²) in [5, 5.41) is 12.8. The van der Waals surface area contributed by atoms with E-state index in [1.165, 1.54) is 0 Å². The van der Waals surface area contributed by atoms with E-state index in [0.717, 1.165) is 5.56 Å². The number of aromatic nitrogens is 2. The molecule has 0 bridgehead atoms. The Morgan fingerprint density at radius 2 is 1.96 bits per heavy atom. The number of carbonyl (C=O) groups excluding carboxylic acids is 2. The van der Waals surface area contributed by atoms with Crippen LogP contribution in [0.2, 0.25) is 0 Å². The van der Waals surface area contributed by atoms with Crippen LogP contribution in [0.1, 0.15) is 42.7 Å². The van der Waals surface area contributed by atoms with Crippen LogP contribution in [0.15, 0.2) is 36.7 Å². The Bertz CT molecular complexity index is 761. The minimum absolute atomic E-state index is 0.180. The van der Waals surface area contributed by atoms with E-state index in [1.807, 2.05) is 20.8 Å². The van der Waals surface area contributed by atoms with Gasteiger partial charge in [0.25, 0.3) is 5.91 Å². The molecular formula is C18H25N5O2. The average molecular weight is 343 g/mol. The molecule has 7 nitrogen and oxygen atoms in total. The van der Waals surface area contributed by atoms with Gasteiger partial charge in [-0.1, -0.05) is 6.07 Å². The zero-order valence-electron chi connectivity index (χ0n) is 15.3. The fourth-order valence-electron chi connectivity index (χ4n) is 2.40. The Balaban J connectivity index is 2.13. The molecule has 1 heterocycles. The summed E-state index contributed by atoms with van der Waals surface area (Å²) in [4.78, 5) is 24.8. The lowest BCUT2D eigenvalue weighted by atomic mass is 10.1. The van der Waals surface area contributed by atoms with Crippen LogP contribution in [0, 0.1) is 0 Å². The summed E-state index contributed by atoms with van der Waals surface area (Å²) in [6.07, 6.45) is 3.43. The van der Waals surface area contributed by atoms with Crippen LogP contribution < -0.4 is 16.0 Å². The van der Waals surface area contributed by atoms with Gasteiger partial charge in [0.1, 0.15) is 6.04 Å². The SMILES string of the molecule is CNC(C(=O)Nc1cccc(C(=O)NC(C)(C)C)c1)c1cnn(C)c1. The van der Waals surface area contributed by atoms with Crippen LogP contribution in [0.4, 0.5) is 5.69 Å². The number of anilines is 1. The maximum absolute atomic E-state index is 12.6. The highest BCUT2D eigenvalue weighted by Crippen LogP contribution is 2.17. The highest BCUT2D eigenvalue weighted by molar-refractivity contribution is 5.99. The fraction of sp³-hybridized carbons (Fsp3) is 0.389. The van der Waals surface area contributed by atoms with E-state index in [4.69, 9.17) is 0 Å². The van der Waals surface area contributed by atoms with Gasteiger partial charge in [-0.2, -0.15) is 5.10 Å². The number of nitrogens with one attached hydrogen (secondary N) is 3. The van der Waals surface area contributed by atoms with Gasteiger partial charge in [-0.15, -0.1) is 0 Å². The van der Waals surface area contributed by atoms with Crippen molar-refractivity contribution in [3.05, 3.63) is 47.8 Å². The molecule has 7 heteroatoms. The smallest absolute Gasteiger partial charge is 0.251 e. The predicted molar refractivity (Wildman–Crippen MR) is 97.3 cm³/mol. The Hall–Kier alpha value is -2.67. The molecule has 0 saturated heterocycles. The number of aryl methyl sites for hydroxylation is 1. The second kappa shape index (κ2) is 7.48. The normalized spacial score (nSPS) is 12.5. The predicted octanol–water partition coefficient (Wildman–Crippen LogP) is 1.85. The second-order valence-corrected chi connectivity index (χ2v) is 6.94. The molecular weight excluding hydrogens is 318 g/mol. The van der Waals surface area contributed by atoms with Gasteiger partial charge in [0, 0.05) is 35.6 Å². The van der Waals surface area contributed by atoms with Crippen molar-refractivity contribution in [3.8, 4) is 0 Å². The van der Waals surface area contributed by atoms with E-state index >= 15 is 0 Å². The standard InChI is InChI=1S/C18H25N5O2/c1-18(2,3)22-16(24)12-7-6-8-14(9-12)21-17(25)15(19-4)13-10-20-23(5)11-13/h6-11,15,19H,1-5H3,(H,21,25)(H,22,24). The van der Waals surface area contributed by atoms with Crippen LogP contribution in [0.5, 0.6) is 0 Å². The van der Waals surface area contributed by atoms with Crippen molar-refractivity contribution in [1.82, 2.24) is 20.4 Å². The molecule has 2 amide bonds. The van der Waals surface area contributed by atoms with E-state index < -0.39 is 6.04 Å². The van der Waals surface area contributed by atoms with Gasteiger partial charge in [0.15, 0.2) is 0 Å². The number of nitrogens with zero attached hydrogens (tertiary/aromatic N) is 2. The minimum atomic E-state index is -0.527. The summed E-state index contributed by atoms with van der Waals surface area (Å²) in [6.45, 7) is 5.76. The van der Waals surface area contributed by atoms with Gasteiger partial charge in [-0.3, -0.25) is 14.3 Å². The van der Waals surface area contributed by atoms with E-state index in [9.17, 15) is 9.59 Å². The molecule has 134 valence electrons. The van der Waals surface area contributed by atoms with Crippen molar-refractivity contribution in [2.24, 2.45) is 7.05 Å². The van der Waals surface area contributed by atoms with Crippen molar-refractivity contribution in [2.45, 2.75) is 32.4 Å². The maximum atomic E-state index is 12.6. The number of amides is 2. The number of benzene rings is 1. The van der Waals surface area contributed by atoms with Gasteiger partial charge in [0.2, 0.25) is 5.91 Å². The summed E-state index contributed by atoms with van der Waals surface area (Å²) in [7, 11) is 3.51. The van der Waals surface area contributed by atoms with Gasteiger partial charge < -0.3 is 16.0 Å². The first-order chi connectivity index (χ1) is 11.7. The molecule has 0 spiro atoms. The number of rotatable bonds is 5. The highest BCUT2D eigenvalue weighted by atomic mass is 16.2. The molecule has 1 unspecified atom stereocenters. The summed E-state index contributed by atoms with van der Waals surface area (Å²) in [5.74, 6) is -0.398. The number of carbonyl (C=O) groups is 2. The number of hydrogen-bond acceptors (Lipinski definition) is 4. The van der Waals surface area contributed by atoms with Crippen molar-refractivity contribution in [2.75, 3.05) is 12.4 Å². The molecule has 1 aromatic heterocycles. The monoisotopic (exact) mass is 343 g/mol. The second-order valence-electron chi connectivity index (χ2n) is 6.94. The van der Waals surface area contributed by atoms with Crippen molar-refractivity contribution >= 4 is 17.5 Å². The van der Waals surface area contributed by atoms with Gasteiger partial charge in [-0.25, -0.2) is 0 Å². The molecule has 0 fully saturated rings. The number of hydrogen-bond donors (Lipinski definition) is 3. The van der Waals surface area contributed by atoms with E-state index in [1.54, 1.807) is 55.4 Å². The first-order valence-corrected chi connectivity index (χ1v) is 8.09. The first-order valence-electron chi connectivity index (χ1n) is 8.09. The topological polar surface area (TPSA) is 88.1 Å². The lowest BCUT2D eigenvalue weighted by Gasteiger charge is -2.21. The Labute approximate surface area is 147 Å². The molecule has 2 aromatic rings. The van der Waals surface area contributed by atoms with Crippen molar-refractivity contribution in [1.29, 1.82) is 0 Å². The van der Waals surface area contributed by atoms with Crippen LogP contribution >= 0.6 is 0 Å². The Kier molecular flexibility index (Phi) is 5.58. The summed E-state index contributed by atoms with van der Waals surface area (Å²) >= 11 is 0. The third-order valence-corrected chi connectivity index (χ3v) is 3.49. The molecule has 0 aliphatic rings. The van der Waals surface area contributed by atoms with Crippen LogP contribution in [-0.4, -0.2) is 34.2 Å². The highest BCUT2D eigenvalue weighted by Gasteiger charge is 2.21. The molecule has 2 rings (SSSR count). The molecule has 3 N–H and O–H groups in total. The van der Waals surface area contributed by atoms with E-state index in [2.05, 4.69) is 21.0 Å². The lowest BCUT2D eigenvalue weighted by molar-refractivity contribution is -0.118. The Morgan fingerprint density at radius 3 is 2.52 bits per heavy atom. The molecule has 0 aliphatic heterocycles. The first kappa shape index (κ1) is 18.7. The quantitative estimate of drug-likeness (QED) is 0.773. The Morgan fingerprint density at radius 1 is 1.24 bits per heavy atom. The van der Waals surface area contributed by atoms with Crippen LogP contribution in [0.3, 0.4) is 0 Å². The minimum Gasteiger partial charge on any atom is -0.347 e. The lowest BCUT2D eigenvalue weighted by Crippen LogP contribution is -2.40. The summed E-state index contributed by atoms with van der Waals surface area (Å²) < 4.78 is 1.64. The maximum Gasteiger partial charge on any atom is 0.251 e. The van der Waals surface area contributed by atoms with Crippen molar-refractivity contribution in [3.63, 3.8) is 0 Å². The molecule has 0 aliphatic carbocycles. The molecule has 0 radical (unpaired) electrons. The van der Waals surface area contributed by atoms with Crippen molar-refractivity contribution < 1.29 is 9.59 Å².